The molecule has 0 aliphatic heterocycles. The second-order valence-electron chi connectivity index (χ2n) is 6.94. The maximum atomic E-state index is 11.7. The summed E-state index contributed by atoms with van der Waals surface area (Å²) in [5.41, 5.74) is 0.278. The monoisotopic (exact) mass is 428 g/mol. The average Bonchev–Trinajstić information content (AvgIpc) is 2.75. The van der Waals surface area contributed by atoms with Crippen LogP contribution >= 0.6 is 11.8 Å². The maximum absolute atomic E-state index is 11.7. The summed E-state index contributed by atoms with van der Waals surface area (Å²) in [5.74, 6) is -0.741. The number of nitrogens with one attached hydrogen (secondary N) is 1. The highest BCUT2D eigenvalue weighted by Gasteiger charge is 2.27. The number of carboxylic acids is 1. The van der Waals surface area contributed by atoms with Gasteiger partial charge in [0.25, 0.3) is 0 Å². The summed E-state index contributed by atoms with van der Waals surface area (Å²) in [4.78, 5) is 16.9. The lowest BCUT2D eigenvalue weighted by Gasteiger charge is -2.25. The van der Waals surface area contributed by atoms with Crippen LogP contribution in [-0.2, 0) is 4.79 Å². The molecule has 3 rings (SSSR count). The molecule has 0 saturated carbocycles. The molecule has 2 unspecified atom stereocenters. The first kappa shape index (κ1) is 22.2. The van der Waals surface area contributed by atoms with E-state index in [9.17, 15) is 25.2 Å². The topological polar surface area (TPSA) is 123 Å². The van der Waals surface area contributed by atoms with Gasteiger partial charge < -0.3 is 20.4 Å². The van der Waals surface area contributed by atoms with Crippen LogP contribution < -0.4 is 5.32 Å². The molecule has 1 aromatic heterocycles. The van der Waals surface area contributed by atoms with Crippen LogP contribution in [0.15, 0.2) is 65.6 Å². The van der Waals surface area contributed by atoms with Crippen molar-refractivity contribution in [3.05, 3.63) is 72.1 Å². The lowest BCUT2D eigenvalue weighted by molar-refractivity contribution is -0.139. The molecule has 0 aliphatic rings. The molecule has 0 fully saturated rings. The predicted molar refractivity (Wildman–Crippen MR) is 115 cm³/mol. The Kier molecular flexibility index (Phi) is 7.41. The molecular weight excluding hydrogens is 404 g/mol. The molecular formula is C22H24N2O5S. The fourth-order valence-corrected chi connectivity index (χ4v) is 4.08. The molecule has 0 radical (unpaired) electrons. The number of thioether (sulfide) groups is 1. The lowest BCUT2D eigenvalue weighted by Crippen LogP contribution is -2.46. The molecule has 2 aromatic carbocycles. The van der Waals surface area contributed by atoms with Crippen LogP contribution in [0, 0.1) is 0 Å². The number of carbonyl (C=O) groups is 1. The van der Waals surface area contributed by atoms with Crippen molar-refractivity contribution in [2.75, 3.05) is 5.75 Å². The van der Waals surface area contributed by atoms with Gasteiger partial charge in [0, 0.05) is 22.1 Å². The van der Waals surface area contributed by atoms with Gasteiger partial charge in [-0.05, 0) is 30.5 Å². The molecule has 3 atom stereocenters. The smallest absolute Gasteiger partial charge is 0.321 e. The van der Waals surface area contributed by atoms with Gasteiger partial charge in [-0.1, -0.05) is 42.5 Å². The second kappa shape index (κ2) is 10.0. The number of aromatic nitrogens is 1. The Morgan fingerprint density at radius 1 is 1.07 bits per heavy atom. The van der Waals surface area contributed by atoms with E-state index in [2.05, 4.69) is 10.3 Å². The van der Waals surface area contributed by atoms with E-state index >= 15 is 0 Å². The quantitative estimate of drug-likeness (QED) is 0.260. The van der Waals surface area contributed by atoms with Crippen LogP contribution in [0.25, 0.3) is 10.8 Å². The minimum atomic E-state index is -1.78. The zero-order valence-corrected chi connectivity index (χ0v) is 17.2. The number of aliphatic carboxylic acids is 1. The number of hydrogen-bond acceptors (Lipinski definition) is 7. The number of nitrogens with zero attached hydrogens (tertiary/aromatic N) is 1. The number of carboxylic acid groups (broad SMARTS) is 1. The molecule has 8 heteroatoms. The third-order valence-corrected chi connectivity index (χ3v) is 5.84. The highest BCUT2D eigenvalue weighted by molar-refractivity contribution is 7.99. The molecule has 0 spiro atoms. The van der Waals surface area contributed by atoms with Gasteiger partial charge in [-0.25, -0.2) is 4.98 Å². The Balaban J connectivity index is 1.80. The zero-order valence-electron chi connectivity index (χ0n) is 16.3. The third-order valence-electron chi connectivity index (χ3n) is 4.73. The van der Waals surface area contributed by atoms with Crippen molar-refractivity contribution >= 4 is 28.5 Å². The van der Waals surface area contributed by atoms with E-state index in [1.165, 1.54) is 11.8 Å². The Morgan fingerprint density at radius 2 is 1.73 bits per heavy atom. The summed E-state index contributed by atoms with van der Waals surface area (Å²) in [6, 6.07) is 16.6. The molecule has 0 saturated heterocycles. The minimum absolute atomic E-state index is 0.0179. The van der Waals surface area contributed by atoms with Gasteiger partial charge in [0.15, 0.2) is 6.29 Å². The first-order chi connectivity index (χ1) is 14.4. The molecule has 1 heterocycles. The molecule has 3 aromatic rings. The number of aliphatic hydroxyl groups is 3. The van der Waals surface area contributed by atoms with Crippen molar-refractivity contribution in [2.24, 2.45) is 0 Å². The van der Waals surface area contributed by atoms with E-state index in [1.807, 2.05) is 30.3 Å². The van der Waals surface area contributed by atoms with Gasteiger partial charge in [-0.3, -0.25) is 10.1 Å². The van der Waals surface area contributed by atoms with Crippen molar-refractivity contribution in [1.82, 2.24) is 10.3 Å². The van der Waals surface area contributed by atoms with E-state index in [1.54, 1.807) is 37.3 Å². The van der Waals surface area contributed by atoms with Crippen molar-refractivity contribution in [2.45, 2.75) is 36.3 Å². The van der Waals surface area contributed by atoms with Crippen molar-refractivity contribution < 1.29 is 25.2 Å². The van der Waals surface area contributed by atoms with Gasteiger partial charge in [0.2, 0.25) is 0 Å². The van der Waals surface area contributed by atoms with Crippen LogP contribution in [0.2, 0.25) is 0 Å². The van der Waals surface area contributed by atoms with Gasteiger partial charge in [0.05, 0.1) is 11.4 Å². The minimum Gasteiger partial charge on any atom is -0.480 e. The van der Waals surface area contributed by atoms with Crippen LogP contribution in [0.5, 0.6) is 0 Å². The number of pyridine rings is 1. The van der Waals surface area contributed by atoms with Crippen molar-refractivity contribution in [3.8, 4) is 0 Å². The van der Waals surface area contributed by atoms with Gasteiger partial charge in [0.1, 0.15) is 12.1 Å². The summed E-state index contributed by atoms with van der Waals surface area (Å²) >= 11 is 1.41. The molecule has 0 amide bonds. The molecule has 158 valence electrons. The fourth-order valence-electron chi connectivity index (χ4n) is 3.14. The van der Waals surface area contributed by atoms with Gasteiger partial charge >= 0.3 is 5.97 Å². The van der Waals surface area contributed by atoms with E-state index < -0.39 is 30.4 Å². The van der Waals surface area contributed by atoms with Gasteiger partial charge in [-0.2, -0.15) is 0 Å². The third kappa shape index (κ3) is 5.35. The van der Waals surface area contributed by atoms with Crippen molar-refractivity contribution in [3.63, 3.8) is 0 Å². The van der Waals surface area contributed by atoms with E-state index in [4.69, 9.17) is 0 Å². The van der Waals surface area contributed by atoms with Crippen LogP contribution in [0.3, 0.4) is 0 Å². The van der Waals surface area contributed by atoms with E-state index in [0.29, 0.717) is 10.8 Å². The molecule has 0 bridgehead atoms. The van der Waals surface area contributed by atoms with E-state index in [-0.39, 0.29) is 17.1 Å². The summed E-state index contributed by atoms with van der Waals surface area (Å²) in [7, 11) is 0. The molecule has 0 aliphatic carbocycles. The average molecular weight is 429 g/mol. The summed E-state index contributed by atoms with van der Waals surface area (Å²) in [6.45, 7) is 1.67. The summed E-state index contributed by atoms with van der Waals surface area (Å²) in [6.07, 6.45) is -2.94. The first-order valence-corrected chi connectivity index (χ1v) is 10.5. The highest BCUT2D eigenvalue weighted by Crippen LogP contribution is 2.27. The number of hydrogen-bond donors (Lipinski definition) is 5. The highest BCUT2D eigenvalue weighted by atomic mass is 32.2. The number of fused-ring (bicyclic) bond motifs is 1. The molecule has 7 nitrogen and oxygen atoms in total. The SMILES string of the molecule is C[C@H](NC(CSc1ccccc1)C(=O)O)C(O)c1nc(C(O)O)cc2ccccc12. The van der Waals surface area contributed by atoms with E-state index in [0.717, 1.165) is 4.90 Å². The Hall–Kier alpha value is -2.49. The normalized spacial score (nSPS) is 14.6. The summed E-state index contributed by atoms with van der Waals surface area (Å²) < 4.78 is 0. The second-order valence-corrected chi connectivity index (χ2v) is 8.04. The Morgan fingerprint density at radius 3 is 2.40 bits per heavy atom. The number of rotatable bonds is 9. The molecule has 5 N–H and O–H groups in total. The Labute approximate surface area is 178 Å². The van der Waals surface area contributed by atoms with Crippen LogP contribution in [0.4, 0.5) is 0 Å². The standard InChI is InChI=1S/C22H24N2O5S/c1-13(23-18(22(28)29)12-30-15-8-3-2-4-9-15)20(25)19-16-10-6-5-7-14(16)11-17(24-19)21(26)27/h2-11,13,18,20-21,23,25-27H,12H2,1H3,(H,28,29)/t13-,18?,20?/m0/s1. The first-order valence-electron chi connectivity index (χ1n) is 9.47. The van der Waals surface area contributed by atoms with Gasteiger partial charge in [-0.15, -0.1) is 11.8 Å². The molecule has 30 heavy (non-hydrogen) atoms. The predicted octanol–water partition coefficient (Wildman–Crippen LogP) is 2.47. The maximum Gasteiger partial charge on any atom is 0.321 e. The largest absolute Gasteiger partial charge is 0.480 e. The fraction of sp³-hybridized carbons (Fsp3) is 0.273. The Bertz CT molecular complexity index is 999. The zero-order chi connectivity index (χ0) is 21.7. The number of benzene rings is 2. The van der Waals surface area contributed by atoms with Crippen molar-refractivity contribution in [1.29, 1.82) is 0 Å². The van der Waals surface area contributed by atoms with Crippen LogP contribution in [0.1, 0.15) is 30.7 Å². The number of aliphatic hydroxyl groups excluding tert-OH is 2. The van der Waals surface area contributed by atoms with Crippen LogP contribution in [-0.4, -0.2) is 49.2 Å². The lowest BCUT2D eigenvalue weighted by atomic mass is 10.0. The summed E-state index contributed by atoms with van der Waals surface area (Å²) in [5, 5.41) is 43.9.